The van der Waals surface area contributed by atoms with Gasteiger partial charge in [0.05, 0.1) is 23.4 Å². The van der Waals surface area contributed by atoms with Gasteiger partial charge in [0.1, 0.15) is 0 Å². The molecule has 0 fully saturated rings. The normalized spacial score (nSPS) is 10.5. The number of hydrogen-bond donors (Lipinski definition) is 1. The fraction of sp³-hybridized carbons (Fsp3) is 0.333. The predicted molar refractivity (Wildman–Crippen MR) is 82.7 cm³/mol. The third-order valence-corrected chi connectivity index (χ3v) is 3.51. The van der Waals surface area contributed by atoms with Gasteiger partial charge in [-0.1, -0.05) is 18.5 Å². The van der Waals surface area contributed by atoms with Gasteiger partial charge in [-0.3, -0.25) is 4.68 Å². The summed E-state index contributed by atoms with van der Waals surface area (Å²) in [5.74, 6) is -0.445. The molecule has 1 heterocycles. The Hall–Kier alpha value is -2.01. The number of halogens is 1. The van der Waals surface area contributed by atoms with Crippen LogP contribution < -0.4 is 5.32 Å². The topological polar surface area (TPSA) is 56.2 Å². The lowest BCUT2D eigenvalue weighted by Gasteiger charge is -2.09. The number of carbonyl (C=O) groups excluding carboxylic acids is 1. The highest BCUT2D eigenvalue weighted by Crippen LogP contribution is 2.22. The number of carbonyl (C=O) groups is 1. The summed E-state index contributed by atoms with van der Waals surface area (Å²) in [5.41, 5.74) is 3.36. The molecule has 0 radical (unpaired) electrons. The number of aromatic nitrogens is 2. The number of esters is 1. The minimum atomic E-state index is -0.445. The molecule has 6 heteroatoms. The molecule has 1 aromatic carbocycles. The largest absolute Gasteiger partial charge is 0.465 e. The van der Waals surface area contributed by atoms with Gasteiger partial charge in [-0.2, -0.15) is 5.10 Å². The monoisotopic (exact) mass is 307 g/mol. The van der Waals surface area contributed by atoms with Crippen LogP contribution >= 0.6 is 11.6 Å². The number of aryl methyl sites for hydroxylation is 2. The zero-order valence-corrected chi connectivity index (χ0v) is 13.1. The predicted octanol–water partition coefficient (Wildman–Crippen LogP) is 3.03. The molecule has 0 unspecified atom stereocenters. The van der Waals surface area contributed by atoms with Crippen molar-refractivity contribution in [1.82, 2.24) is 9.78 Å². The third kappa shape index (κ3) is 3.55. The molecule has 2 rings (SSSR count). The van der Waals surface area contributed by atoms with E-state index in [1.165, 1.54) is 7.11 Å². The van der Waals surface area contributed by atoms with Gasteiger partial charge < -0.3 is 10.1 Å². The Morgan fingerprint density at radius 1 is 1.48 bits per heavy atom. The smallest absolute Gasteiger partial charge is 0.339 e. The second-order valence-corrected chi connectivity index (χ2v) is 5.08. The van der Waals surface area contributed by atoms with Gasteiger partial charge in [0.25, 0.3) is 0 Å². The van der Waals surface area contributed by atoms with Crippen molar-refractivity contribution in [3.8, 4) is 0 Å². The van der Waals surface area contributed by atoms with Gasteiger partial charge >= 0.3 is 5.97 Å². The number of anilines is 1. The van der Waals surface area contributed by atoms with Crippen molar-refractivity contribution < 1.29 is 9.53 Å². The van der Waals surface area contributed by atoms with Gasteiger partial charge in [-0.25, -0.2) is 4.79 Å². The first-order valence-electron chi connectivity index (χ1n) is 6.68. The summed E-state index contributed by atoms with van der Waals surface area (Å²) in [6.07, 6.45) is 2.87. The molecule has 5 nitrogen and oxygen atoms in total. The van der Waals surface area contributed by atoms with Crippen LogP contribution in [-0.2, 0) is 24.8 Å². The van der Waals surface area contributed by atoms with E-state index in [4.69, 9.17) is 16.3 Å². The zero-order chi connectivity index (χ0) is 15.4. The molecule has 2 aromatic rings. The molecular formula is C15H18ClN3O2. The van der Waals surface area contributed by atoms with Gasteiger partial charge in [0.2, 0.25) is 0 Å². The number of hydrogen-bond acceptors (Lipinski definition) is 4. The third-order valence-electron chi connectivity index (χ3n) is 3.18. The first-order chi connectivity index (χ1) is 10.0. The van der Waals surface area contributed by atoms with Crippen molar-refractivity contribution in [3.05, 3.63) is 46.2 Å². The number of rotatable bonds is 5. The molecule has 0 aliphatic carbocycles. The number of nitrogens with one attached hydrogen (secondary N) is 1. The maximum Gasteiger partial charge on any atom is 0.339 e. The van der Waals surface area contributed by atoms with Crippen LogP contribution in [0, 0.1) is 0 Å². The van der Waals surface area contributed by atoms with E-state index < -0.39 is 5.97 Å². The average molecular weight is 308 g/mol. The molecule has 0 aliphatic heterocycles. The Labute approximate surface area is 128 Å². The van der Waals surface area contributed by atoms with E-state index in [0.717, 1.165) is 23.4 Å². The summed E-state index contributed by atoms with van der Waals surface area (Å²) in [6, 6.07) is 5.20. The van der Waals surface area contributed by atoms with E-state index in [-0.39, 0.29) is 0 Å². The summed E-state index contributed by atoms with van der Waals surface area (Å²) in [6.45, 7) is 2.71. The Balaban J connectivity index is 2.15. The number of methoxy groups -OCH3 is 1. The minimum absolute atomic E-state index is 0.353. The van der Waals surface area contributed by atoms with E-state index in [0.29, 0.717) is 17.1 Å². The molecule has 0 saturated carbocycles. The number of ether oxygens (including phenoxy) is 1. The van der Waals surface area contributed by atoms with Crippen LogP contribution in [0.2, 0.25) is 5.02 Å². The van der Waals surface area contributed by atoms with Crippen LogP contribution in [0.1, 0.15) is 28.5 Å². The van der Waals surface area contributed by atoms with Crippen molar-refractivity contribution in [2.75, 3.05) is 12.4 Å². The summed E-state index contributed by atoms with van der Waals surface area (Å²) in [7, 11) is 3.24. The lowest BCUT2D eigenvalue weighted by atomic mass is 10.1. The highest BCUT2D eigenvalue weighted by molar-refractivity contribution is 6.33. The van der Waals surface area contributed by atoms with Crippen molar-refractivity contribution in [2.24, 2.45) is 7.05 Å². The highest BCUT2D eigenvalue weighted by Gasteiger charge is 2.12. The van der Waals surface area contributed by atoms with Gasteiger partial charge in [0.15, 0.2) is 0 Å². The zero-order valence-electron chi connectivity index (χ0n) is 12.3. The number of benzene rings is 1. The van der Waals surface area contributed by atoms with Crippen molar-refractivity contribution in [2.45, 2.75) is 19.9 Å². The molecule has 0 spiro atoms. The molecule has 112 valence electrons. The Bertz CT molecular complexity index is 652. The fourth-order valence-corrected chi connectivity index (χ4v) is 2.32. The molecule has 1 N–H and O–H groups in total. The first-order valence-corrected chi connectivity index (χ1v) is 7.06. The Morgan fingerprint density at radius 3 is 2.90 bits per heavy atom. The standard InChI is InChI=1S/C15H18ClN3O2/c1-4-14-10(9-19(2)18-14)8-17-11-5-6-13(16)12(7-11)15(20)21-3/h5-7,9,17H,4,8H2,1-3H3. The highest BCUT2D eigenvalue weighted by atomic mass is 35.5. The summed E-state index contributed by atoms with van der Waals surface area (Å²) in [5, 5.41) is 8.05. The Kier molecular flexibility index (Phi) is 4.85. The lowest BCUT2D eigenvalue weighted by molar-refractivity contribution is 0.0601. The van der Waals surface area contributed by atoms with E-state index in [2.05, 4.69) is 17.3 Å². The van der Waals surface area contributed by atoms with Crippen molar-refractivity contribution in [3.63, 3.8) is 0 Å². The number of nitrogens with zero attached hydrogens (tertiary/aromatic N) is 2. The Morgan fingerprint density at radius 2 is 2.24 bits per heavy atom. The van der Waals surface area contributed by atoms with Crippen molar-refractivity contribution in [1.29, 1.82) is 0 Å². The minimum Gasteiger partial charge on any atom is -0.465 e. The van der Waals surface area contributed by atoms with Crippen LogP contribution in [0.4, 0.5) is 5.69 Å². The summed E-state index contributed by atoms with van der Waals surface area (Å²) < 4.78 is 6.51. The molecule has 0 bridgehead atoms. The maximum atomic E-state index is 11.6. The quantitative estimate of drug-likeness (QED) is 0.863. The molecule has 0 saturated heterocycles. The van der Waals surface area contributed by atoms with E-state index >= 15 is 0 Å². The van der Waals surface area contributed by atoms with E-state index in [1.54, 1.807) is 16.8 Å². The summed E-state index contributed by atoms with van der Waals surface area (Å²) in [4.78, 5) is 11.6. The van der Waals surface area contributed by atoms with Crippen LogP contribution in [-0.4, -0.2) is 22.9 Å². The molecular weight excluding hydrogens is 290 g/mol. The van der Waals surface area contributed by atoms with Gasteiger partial charge in [-0.15, -0.1) is 0 Å². The molecule has 0 amide bonds. The van der Waals surface area contributed by atoms with Gasteiger partial charge in [0, 0.05) is 31.0 Å². The molecule has 21 heavy (non-hydrogen) atoms. The average Bonchev–Trinajstić information content (AvgIpc) is 2.85. The van der Waals surface area contributed by atoms with Crippen LogP contribution in [0.3, 0.4) is 0 Å². The molecule has 0 aliphatic rings. The second-order valence-electron chi connectivity index (χ2n) is 4.67. The van der Waals surface area contributed by atoms with E-state index in [9.17, 15) is 4.79 Å². The summed E-state index contributed by atoms with van der Waals surface area (Å²) >= 11 is 6.00. The van der Waals surface area contributed by atoms with Crippen molar-refractivity contribution >= 4 is 23.3 Å². The first kappa shape index (κ1) is 15.4. The lowest BCUT2D eigenvalue weighted by Crippen LogP contribution is -2.05. The van der Waals surface area contributed by atoms with Gasteiger partial charge in [-0.05, 0) is 24.6 Å². The SMILES string of the molecule is CCc1nn(C)cc1CNc1ccc(Cl)c(C(=O)OC)c1. The molecule has 1 aromatic heterocycles. The van der Waals surface area contributed by atoms with Crippen LogP contribution in [0.15, 0.2) is 24.4 Å². The van der Waals surface area contributed by atoms with Crippen LogP contribution in [0.25, 0.3) is 0 Å². The second kappa shape index (κ2) is 6.63. The van der Waals surface area contributed by atoms with Crippen LogP contribution in [0.5, 0.6) is 0 Å². The maximum absolute atomic E-state index is 11.6. The van der Waals surface area contributed by atoms with E-state index in [1.807, 2.05) is 19.3 Å². The fourth-order valence-electron chi connectivity index (χ4n) is 2.13. The molecule has 0 atom stereocenters.